The number of piperazine rings is 1. The molecular formula is C26H26N5OS+. The van der Waals surface area contributed by atoms with Crippen molar-refractivity contribution in [3.63, 3.8) is 0 Å². The Morgan fingerprint density at radius 2 is 1.61 bits per heavy atom. The average molecular weight is 457 g/mol. The molecule has 0 atom stereocenters. The highest BCUT2D eigenvalue weighted by Crippen LogP contribution is 2.26. The van der Waals surface area contributed by atoms with E-state index in [1.54, 1.807) is 0 Å². The van der Waals surface area contributed by atoms with Crippen LogP contribution in [-0.4, -0.2) is 46.4 Å². The van der Waals surface area contributed by atoms with Gasteiger partial charge in [0, 0.05) is 31.6 Å². The quantitative estimate of drug-likeness (QED) is 0.466. The van der Waals surface area contributed by atoms with E-state index < -0.39 is 0 Å². The highest BCUT2D eigenvalue weighted by molar-refractivity contribution is 7.55. The molecule has 0 spiro atoms. The second-order valence-corrected chi connectivity index (χ2v) is 8.83. The van der Waals surface area contributed by atoms with E-state index in [-0.39, 0.29) is 5.91 Å². The van der Waals surface area contributed by atoms with Crippen LogP contribution in [0.4, 0.5) is 11.5 Å². The number of hydrogen-bond donors (Lipinski definition) is 1. The predicted octanol–water partition coefficient (Wildman–Crippen LogP) is 3.53. The van der Waals surface area contributed by atoms with Gasteiger partial charge in [0.25, 0.3) is 0 Å². The highest BCUT2D eigenvalue weighted by atomic mass is 32.1. The lowest BCUT2D eigenvalue weighted by Gasteiger charge is -2.29. The van der Waals surface area contributed by atoms with Gasteiger partial charge in [-0.15, -0.1) is 4.31 Å². The SMILES string of the molecule is O=C(Cc1ccccc1)Nc1ccc(-c2ccc3ncc(N4CCN([SH2+])CC4)nc3c2)cc1. The van der Waals surface area contributed by atoms with Gasteiger partial charge < -0.3 is 10.2 Å². The van der Waals surface area contributed by atoms with Crippen molar-refractivity contribution in [2.45, 2.75) is 6.42 Å². The van der Waals surface area contributed by atoms with Gasteiger partial charge in [-0.1, -0.05) is 48.5 Å². The van der Waals surface area contributed by atoms with Crippen molar-refractivity contribution in [3.8, 4) is 11.1 Å². The van der Waals surface area contributed by atoms with Gasteiger partial charge >= 0.3 is 0 Å². The standard InChI is InChI=1S/C26H25N5OS/c32-26(16-19-4-2-1-3-5-19)28-22-9-6-20(7-10-22)21-8-11-23-24(17-21)29-25(18-27-23)30-12-14-31(33)15-13-30/h1-11,17-18,33H,12-16H2,(H,28,32)/p+1. The summed E-state index contributed by atoms with van der Waals surface area (Å²) >= 11 is 3.60. The van der Waals surface area contributed by atoms with Crippen LogP contribution in [0.1, 0.15) is 5.56 Å². The van der Waals surface area contributed by atoms with Crippen LogP contribution in [0, 0.1) is 0 Å². The summed E-state index contributed by atoms with van der Waals surface area (Å²) in [6.07, 6.45) is 2.22. The Bertz CT molecular complexity index is 1250. The zero-order valence-electron chi connectivity index (χ0n) is 18.2. The zero-order valence-corrected chi connectivity index (χ0v) is 19.2. The molecule has 0 bridgehead atoms. The topological polar surface area (TPSA) is 61.4 Å². The van der Waals surface area contributed by atoms with E-state index in [4.69, 9.17) is 4.98 Å². The molecule has 1 aliphatic rings. The van der Waals surface area contributed by atoms with Gasteiger partial charge in [0.15, 0.2) is 0 Å². The van der Waals surface area contributed by atoms with Crippen molar-refractivity contribution >= 4 is 41.3 Å². The Hall–Kier alpha value is -3.42. The normalized spacial score (nSPS) is 14.4. The summed E-state index contributed by atoms with van der Waals surface area (Å²) in [5.74, 6) is 0.888. The third-order valence-electron chi connectivity index (χ3n) is 5.84. The summed E-state index contributed by atoms with van der Waals surface area (Å²) in [5.41, 5.74) is 5.68. The predicted molar refractivity (Wildman–Crippen MR) is 138 cm³/mol. The molecule has 7 heteroatoms. The maximum atomic E-state index is 12.3. The summed E-state index contributed by atoms with van der Waals surface area (Å²) in [5, 5.41) is 2.97. The van der Waals surface area contributed by atoms with E-state index in [9.17, 15) is 4.79 Å². The van der Waals surface area contributed by atoms with Crippen molar-refractivity contribution in [2.75, 3.05) is 36.4 Å². The molecule has 5 rings (SSSR count). The second-order valence-electron chi connectivity index (χ2n) is 8.19. The molecule has 1 aromatic heterocycles. The minimum atomic E-state index is -0.0249. The number of carbonyl (C=O) groups excluding carboxylic acids is 1. The smallest absolute Gasteiger partial charge is 0.228 e. The number of carbonyl (C=O) groups is 1. The summed E-state index contributed by atoms with van der Waals surface area (Å²) in [6.45, 7) is 3.73. The first-order chi connectivity index (χ1) is 16.1. The van der Waals surface area contributed by atoms with Gasteiger partial charge in [0.2, 0.25) is 5.91 Å². The molecule has 0 radical (unpaired) electrons. The lowest BCUT2D eigenvalue weighted by Crippen LogP contribution is -2.44. The number of hydrogen-bond acceptors (Lipinski definition) is 5. The number of aromatic nitrogens is 2. The molecule has 166 valence electrons. The van der Waals surface area contributed by atoms with Gasteiger partial charge in [-0.05, 0) is 41.0 Å². The maximum absolute atomic E-state index is 12.3. The maximum Gasteiger partial charge on any atom is 0.228 e. The molecule has 3 aromatic carbocycles. The minimum absolute atomic E-state index is 0.0249. The van der Waals surface area contributed by atoms with Gasteiger partial charge in [-0.2, -0.15) is 0 Å². The molecule has 2 heterocycles. The molecule has 33 heavy (non-hydrogen) atoms. The summed E-state index contributed by atoms with van der Waals surface area (Å²) in [4.78, 5) is 24.1. The van der Waals surface area contributed by atoms with E-state index in [0.29, 0.717) is 6.42 Å². The first-order valence-corrected chi connectivity index (χ1v) is 11.5. The number of rotatable bonds is 5. The van der Waals surface area contributed by atoms with Gasteiger partial charge in [-0.3, -0.25) is 9.78 Å². The Balaban J connectivity index is 1.30. The molecule has 0 unspecified atom stereocenters. The van der Waals surface area contributed by atoms with Crippen LogP contribution in [0.2, 0.25) is 0 Å². The molecule has 6 nitrogen and oxygen atoms in total. The summed E-state index contributed by atoms with van der Waals surface area (Å²) in [7, 11) is 0. The third kappa shape index (κ3) is 5.16. The first kappa shape index (κ1) is 21.4. The fraction of sp³-hybridized carbons (Fsp3) is 0.192. The number of nitrogens with one attached hydrogen (secondary N) is 1. The van der Waals surface area contributed by atoms with Crippen LogP contribution in [0.15, 0.2) is 79.0 Å². The number of fused-ring (bicyclic) bond motifs is 1. The third-order valence-corrected chi connectivity index (χ3v) is 6.29. The summed E-state index contributed by atoms with van der Waals surface area (Å²) < 4.78 is 2.14. The Morgan fingerprint density at radius 3 is 2.36 bits per heavy atom. The van der Waals surface area contributed by atoms with Crippen molar-refractivity contribution in [2.24, 2.45) is 0 Å². The van der Waals surface area contributed by atoms with Crippen molar-refractivity contribution in [3.05, 3.63) is 84.6 Å². The van der Waals surface area contributed by atoms with E-state index in [1.807, 2.05) is 66.9 Å². The van der Waals surface area contributed by atoms with Crippen LogP contribution in [-0.2, 0) is 24.0 Å². The van der Waals surface area contributed by atoms with Crippen LogP contribution < -0.4 is 10.2 Å². The molecule has 1 saturated heterocycles. The first-order valence-electron chi connectivity index (χ1n) is 11.1. The van der Waals surface area contributed by atoms with E-state index >= 15 is 0 Å². The van der Waals surface area contributed by atoms with E-state index in [0.717, 1.165) is 65.4 Å². The molecule has 1 N–H and O–H groups in total. The largest absolute Gasteiger partial charge is 0.352 e. The molecule has 0 aliphatic carbocycles. The molecular weight excluding hydrogens is 430 g/mol. The monoisotopic (exact) mass is 456 g/mol. The van der Waals surface area contributed by atoms with Crippen molar-refractivity contribution in [1.82, 2.24) is 14.3 Å². The fourth-order valence-corrected chi connectivity index (χ4v) is 4.20. The number of anilines is 2. The molecule has 1 aliphatic heterocycles. The second kappa shape index (κ2) is 9.60. The van der Waals surface area contributed by atoms with Gasteiger partial charge in [0.1, 0.15) is 5.82 Å². The zero-order chi connectivity index (χ0) is 22.6. The Kier molecular flexibility index (Phi) is 6.24. The van der Waals surface area contributed by atoms with Crippen LogP contribution in [0.3, 0.4) is 0 Å². The molecule has 4 aromatic rings. The van der Waals surface area contributed by atoms with E-state index in [2.05, 4.69) is 44.5 Å². The molecule has 1 amide bonds. The van der Waals surface area contributed by atoms with Crippen LogP contribution >= 0.6 is 0 Å². The lowest BCUT2D eigenvalue weighted by atomic mass is 10.0. The lowest BCUT2D eigenvalue weighted by molar-refractivity contribution is -0.115. The number of benzene rings is 3. The van der Waals surface area contributed by atoms with Crippen molar-refractivity contribution in [1.29, 1.82) is 0 Å². The molecule has 1 fully saturated rings. The van der Waals surface area contributed by atoms with Crippen LogP contribution in [0.25, 0.3) is 22.2 Å². The van der Waals surface area contributed by atoms with Gasteiger partial charge in [-0.25, -0.2) is 4.98 Å². The summed E-state index contributed by atoms with van der Waals surface area (Å²) in [6, 6.07) is 23.8. The number of amides is 1. The molecule has 0 saturated carbocycles. The van der Waals surface area contributed by atoms with Crippen molar-refractivity contribution < 1.29 is 4.79 Å². The van der Waals surface area contributed by atoms with Gasteiger partial charge in [0.05, 0.1) is 36.7 Å². The minimum Gasteiger partial charge on any atom is -0.352 e. The van der Waals surface area contributed by atoms with E-state index in [1.165, 1.54) is 0 Å². The fourth-order valence-electron chi connectivity index (χ4n) is 4.00. The Morgan fingerprint density at radius 1 is 0.879 bits per heavy atom. The average Bonchev–Trinajstić information content (AvgIpc) is 2.85. The van der Waals surface area contributed by atoms with Crippen LogP contribution in [0.5, 0.6) is 0 Å². The Labute approximate surface area is 198 Å². The highest BCUT2D eigenvalue weighted by Gasteiger charge is 2.19. The number of nitrogens with zero attached hydrogens (tertiary/aromatic N) is 4.